The fourth-order valence-electron chi connectivity index (χ4n) is 1.96. The van der Waals surface area contributed by atoms with Crippen molar-refractivity contribution in [3.63, 3.8) is 0 Å². The summed E-state index contributed by atoms with van der Waals surface area (Å²) in [4.78, 5) is 12.1. The summed E-state index contributed by atoms with van der Waals surface area (Å²) in [5.41, 5.74) is -0.116. The van der Waals surface area contributed by atoms with Gasteiger partial charge in [-0.15, -0.1) is 0 Å². The van der Waals surface area contributed by atoms with E-state index in [4.69, 9.17) is 0 Å². The lowest BCUT2D eigenvalue weighted by Gasteiger charge is -2.28. The summed E-state index contributed by atoms with van der Waals surface area (Å²) in [6, 6.07) is 0. The largest absolute Gasteiger partial charge is 0.383 e. The molecule has 1 saturated heterocycles. The van der Waals surface area contributed by atoms with E-state index in [0.29, 0.717) is 6.42 Å². The minimum Gasteiger partial charge on any atom is -0.337 e. The first-order valence-electron chi connectivity index (χ1n) is 5.52. The molecule has 2 nitrogen and oxygen atoms in total. The SMILES string of the molecule is CC(C)(C)C1CCN(C(=O)C(F)(F)C(F)F)C1. The van der Waals surface area contributed by atoms with Crippen molar-refractivity contribution < 1.29 is 22.4 Å². The van der Waals surface area contributed by atoms with E-state index in [1.54, 1.807) is 0 Å². The summed E-state index contributed by atoms with van der Waals surface area (Å²) in [5, 5.41) is 0. The predicted molar refractivity (Wildman–Crippen MR) is 55.1 cm³/mol. The van der Waals surface area contributed by atoms with E-state index in [1.165, 1.54) is 0 Å². The maximum atomic E-state index is 12.9. The van der Waals surface area contributed by atoms with Crippen molar-refractivity contribution in [2.24, 2.45) is 11.3 Å². The molecule has 0 saturated carbocycles. The Morgan fingerprint density at radius 1 is 1.29 bits per heavy atom. The minimum absolute atomic E-state index is 0.0694. The Morgan fingerprint density at radius 2 is 1.82 bits per heavy atom. The second-order valence-corrected chi connectivity index (χ2v) is 5.53. The molecule has 1 rings (SSSR count). The number of halogens is 4. The normalized spacial score (nSPS) is 22.4. The first-order valence-corrected chi connectivity index (χ1v) is 5.52. The van der Waals surface area contributed by atoms with Crippen LogP contribution < -0.4 is 0 Å². The van der Waals surface area contributed by atoms with Gasteiger partial charge < -0.3 is 4.90 Å². The Morgan fingerprint density at radius 3 is 2.18 bits per heavy atom. The molecule has 0 aromatic heterocycles. The number of alkyl halides is 4. The van der Waals surface area contributed by atoms with E-state index >= 15 is 0 Å². The van der Waals surface area contributed by atoms with E-state index in [1.807, 2.05) is 20.8 Å². The van der Waals surface area contributed by atoms with E-state index in [0.717, 1.165) is 4.90 Å². The van der Waals surface area contributed by atoms with Crippen LogP contribution in [0.1, 0.15) is 27.2 Å². The van der Waals surface area contributed by atoms with Crippen LogP contribution in [0, 0.1) is 11.3 Å². The average molecular weight is 255 g/mol. The zero-order valence-corrected chi connectivity index (χ0v) is 10.1. The Bertz CT molecular complexity index is 298. The van der Waals surface area contributed by atoms with E-state index in [2.05, 4.69) is 0 Å². The van der Waals surface area contributed by atoms with Crippen molar-refractivity contribution in [3.05, 3.63) is 0 Å². The lowest BCUT2D eigenvalue weighted by Crippen LogP contribution is -2.47. The third-order valence-electron chi connectivity index (χ3n) is 3.26. The molecule has 6 heteroatoms. The second kappa shape index (κ2) is 4.46. The Labute approximate surface area is 98.0 Å². The number of amides is 1. The lowest BCUT2D eigenvalue weighted by atomic mass is 9.80. The highest BCUT2D eigenvalue weighted by Gasteiger charge is 2.52. The first-order chi connectivity index (χ1) is 7.56. The first kappa shape index (κ1) is 14.3. The second-order valence-electron chi connectivity index (χ2n) is 5.53. The molecule has 1 amide bonds. The zero-order chi connectivity index (χ0) is 13.4. The predicted octanol–water partition coefficient (Wildman–Crippen LogP) is 2.78. The van der Waals surface area contributed by atoms with Gasteiger partial charge in [-0.3, -0.25) is 4.79 Å². The van der Waals surface area contributed by atoms with Crippen molar-refractivity contribution in [2.45, 2.75) is 39.5 Å². The molecule has 17 heavy (non-hydrogen) atoms. The molecule has 0 aromatic carbocycles. The summed E-state index contributed by atoms with van der Waals surface area (Å²) in [6.07, 6.45) is -3.36. The quantitative estimate of drug-likeness (QED) is 0.695. The topological polar surface area (TPSA) is 20.3 Å². The van der Waals surface area contributed by atoms with Crippen LogP contribution in [0.3, 0.4) is 0 Å². The highest BCUT2D eigenvalue weighted by atomic mass is 19.3. The number of hydrogen-bond acceptors (Lipinski definition) is 1. The van der Waals surface area contributed by atoms with Gasteiger partial charge in [0.2, 0.25) is 0 Å². The molecule has 0 aliphatic carbocycles. The number of likely N-dealkylation sites (tertiary alicyclic amines) is 1. The van der Waals surface area contributed by atoms with Crippen molar-refractivity contribution >= 4 is 5.91 Å². The average Bonchev–Trinajstić information content (AvgIpc) is 2.63. The zero-order valence-electron chi connectivity index (χ0n) is 10.1. The van der Waals surface area contributed by atoms with E-state index < -0.39 is 18.3 Å². The molecule has 100 valence electrons. The molecule has 0 bridgehead atoms. The summed E-state index contributed by atoms with van der Waals surface area (Å²) in [7, 11) is 0. The maximum Gasteiger partial charge on any atom is 0.383 e. The van der Waals surface area contributed by atoms with E-state index in [-0.39, 0.29) is 24.4 Å². The standard InChI is InChI=1S/C11H17F4NO/c1-10(2,3)7-4-5-16(6-7)9(17)11(14,15)8(12)13/h7-8H,4-6H2,1-3H3. The molecule has 1 aliphatic heterocycles. The third kappa shape index (κ3) is 2.90. The summed E-state index contributed by atoms with van der Waals surface area (Å²) in [5.74, 6) is -6.24. The minimum atomic E-state index is -4.56. The van der Waals surface area contributed by atoms with Gasteiger partial charge >= 0.3 is 12.3 Å². The van der Waals surface area contributed by atoms with Crippen LogP contribution in [0.4, 0.5) is 17.6 Å². The molecular weight excluding hydrogens is 238 g/mol. The van der Waals surface area contributed by atoms with Gasteiger partial charge in [-0.05, 0) is 17.8 Å². The molecule has 1 aliphatic rings. The number of nitrogens with zero attached hydrogens (tertiary/aromatic N) is 1. The molecule has 0 radical (unpaired) electrons. The van der Waals surface area contributed by atoms with Gasteiger partial charge in [0, 0.05) is 13.1 Å². The monoisotopic (exact) mass is 255 g/mol. The molecule has 1 fully saturated rings. The maximum absolute atomic E-state index is 12.9. The van der Waals surface area contributed by atoms with Gasteiger partial charge in [0.1, 0.15) is 0 Å². The molecular formula is C11H17F4NO. The lowest BCUT2D eigenvalue weighted by molar-refractivity contribution is -0.179. The highest BCUT2D eigenvalue weighted by Crippen LogP contribution is 2.35. The highest BCUT2D eigenvalue weighted by molar-refractivity contribution is 5.84. The Hall–Kier alpha value is -0.810. The van der Waals surface area contributed by atoms with Gasteiger partial charge in [0.05, 0.1) is 0 Å². The molecule has 1 atom stereocenters. The van der Waals surface area contributed by atoms with Crippen molar-refractivity contribution in [1.82, 2.24) is 4.90 Å². The van der Waals surface area contributed by atoms with Crippen molar-refractivity contribution in [3.8, 4) is 0 Å². The fourth-order valence-corrected chi connectivity index (χ4v) is 1.96. The summed E-state index contributed by atoms with van der Waals surface area (Å²) < 4.78 is 49.8. The fraction of sp³-hybridized carbons (Fsp3) is 0.909. The van der Waals surface area contributed by atoms with Crippen LogP contribution in [0.25, 0.3) is 0 Å². The van der Waals surface area contributed by atoms with Crippen LogP contribution in [-0.4, -0.2) is 36.2 Å². The van der Waals surface area contributed by atoms with Gasteiger partial charge in [0.25, 0.3) is 5.91 Å². The van der Waals surface area contributed by atoms with Gasteiger partial charge in [-0.25, -0.2) is 8.78 Å². The molecule has 0 aromatic rings. The smallest absolute Gasteiger partial charge is 0.337 e. The summed E-state index contributed by atoms with van der Waals surface area (Å²) >= 11 is 0. The third-order valence-corrected chi connectivity index (χ3v) is 3.26. The van der Waals surface area contributed by atoms with Gasteiger partial charge in [0.15, 0.2) is 0 Å². The summed E-state index contributed by atoms with van der Waals surface area (Å²) in [6.45, 7) is 6.08. The van der Waals surface area contributed by atoms with Gasteiger partial charge in [-0.1, -0.05) is 20.8 Å². The van der Waals surface area contributed by atoms with Crippen LogP contribution in [0.15, 0.2) is 0 Å². The van der Waals surface area contributed by atoms with Crippen LogP contribution >= 0.6 is 0 Å². The van der Waals surface area contributed by atoms with Crippen LogP contribution in [0.5, 0.6) is 0 Å². The number of carbonyl (C=O) groups excluding carboxylic acids is 1. The van der Waals surface area contributed by atoms with Crippen LogP contribution in [-0.2, 0) is 4.79 Å². The van der Waals surface area contributed by atoms with Crippen LogP contribution in [0.2, 0.25) is 0 Å². The Balaban J connectivity index is 2.70. The Kier molecular flexibility index (Phi) is 3.74. The molecule has 0 N–H and O–H groups in total. The van der Waals surface area contributed by atoms with E-state index in [9.17, 15) is 22.4 Å². The van der Waals surface area contributed by atoms with Crippen molar-refractivity contribution in [2.75, 3.05) is 13.1 Å². The number of hydrogen-bond donors (Lipinski definition) is 0. The number of rotatable bonds is 2. The van der Waals surface area contributed by atoms with Gasteiger partial charge in [-0.2, -0.15) is 8.78 Å². The molecule has 1 unspecified atom stereocenters. The molecule has 1 heterocycles. The number of carbonyl (C=O) groups is 1. The molecule has 0 spiro atoms. The van der Waals surface area contributed by atoms with Crippen molar-refractivity contribution in [1.29, 1.82) is 0 Å².